The lowest BCUT2D eigenvalue weighted by atomic mass is 10.2. The lowest BCUT2D eigenvalue weighted by Gasteiger charge is -2.09. The molecule has 3 N–H and O–H groups in total. The molecule has 1 saturated heterocycles. The van der Waals surface area contributed by atoms with Crippen molar-refractivity contribution in [3.05, 3.63) is 24.0 Å². The van der Waals surface area contributed by atoms with Gasteiger partial charge in [-0.2, -0.15) is 0 Å². The van der Waals surface area contributed by atoms with Crippen LogP contribution in [0.25, 0.3) is 0 Å². The molecule has 1 aliphatic rings. The average molecular weight is 207 g/mol. The van der Waals surface area contributed by atoms with Gasteiger partial charge in [0.25, 0.3) is 5.91 Å². The summed E-state index contributed by atoms with van der Waals surface area (Å²) in [6, 6.07) is 3.31. The molecule has 1 aromatic heterocycles. The zero-order valence-electron chi connectivity index (χ0n) is 8.27. The van der Waals surface area contributed by atoms with Crippen molar-refractivity contribution in [2.45, 2.75) is 12.5 Å². The van der Waals surface area contributed by atoms with Crippen molar-refractivity contribution >= 4 is 11.6 Å². The number of nitrogen functional groups attached to an aromatic ring is 1. The minimum Gasteiger partial charge on any atom is -0.399 e. The topological polar surface area (TPSA) is 77.2 Å². The van der Waals surface area contributed by atoms with Crippen LogP contribution in [0.5, 0.6) is 0 Å². The van der Waals surface area contributed by atoms with Gasteiger partial charge in [0, 0.05) is 18.5 Å². The van der Waals surface area contributed by atoms with Crippen LogP contribution in [0, 0.1) is 0 Å². The third-order valence-corrected chi connectivity index (χ3v) is 2.28. The van der Waals surface area contributed by atoms with Crippen LogP contribution in [0.2, 0.25) is 0 Å². The molecular weight excluding hydrogens is 194 g/mol. The van der Waals surface area contributed by atoms with Gasteiger partial charge < -0.3 is 15.8 Å². The van der Waals surface area contributed by atoms with Gasteiger partial charge in [-0.1, -0.05) is 0 Å². The largest absolute Gasteiger partial charge is 0.399 e. The Morgan fingerprint density at radius 2 is 2.53 bits per heavy atom. The molecule has 1 unspecified atom stereocenters. The number of hydrogen-bond acceptors (Lipinski definition) is 4. The maximum atomic E-state index is 11.7. The van der Waals surface area contributed by atoms with Crippen molar-refractivity contribution in [1.82, 2.24) is 10.3 Å². The highest BCUT2D eigenvalue weighted by molar-refractivity contribution is 5.93. The van der Waals surface area contributed by atoms with Gasteiger partial charge >= 0.3 is 0 Å². The summed E-state index contributed by atoms with van der Waals surface area (Å²) in [5.41, 5.74) is 6.45. The monoisotopic (exact) mass is 207 g/mol. The minimum atomic E-state index is -0.196. The van der Waals surface area contributed by atoms with E-state index in [0.29, 0.717) is 24.6 Å². The Labute approximate surface area is 87.6 Å². The molecule has 80 valence electrons. The lowest BCUT2D eigenvalue weighted by molar-refractivity contribution is 0.0925. The molecule has 0 spiro atoms. The molecule has 1 atom stereocenters. The Morgan fingerprint density at radius 3 is 3.20 bits per heavy atom. The second kappa shape index (κ2) is 4.27. The van der Waals surface area contributed by atoms with E-state index in [-0.39, 0.29) is 11.9 Å². The number of amides is 1. The number of hydrogen-bond donors (Lipinski definition) is 2. The molecule has 0 aliphatic carbocycles. The number of rotatable bonds is 2. The fourth-order valence-corrected chi connectivity index (χ4v) is 1.48. The number of nitrogens with two attached hydrogens (primary N) is 1. The van der Waals surface area contributed by atoms with Gasteiger partial charge in [0.1, 0.15) is 5.69 Å². The highest BCUT2D eigenvalue weighted by Gasteiger charge is 2.18. The predicted octanol–water partition coefficient (Wildman–Crippen LogP) is 0.182. The van der Waals surface area contributed by atoms with E-state index in [1.165, 1.54) is 6.20 Å². The Morgan fingerprint density at radius 1 is 1.67 bits per heavy atom. The molecule has 5 heteroatoms. The molecule has 0 bridgehead atoms. The number of carbonyl (C=O) groups excluding carboxylic acids is 1. The number of aromatic nitrogens is 1. The molecule has 1 aliphatic heterocycles. The van der Waals surface area contributed by atoms with Crippen LogP contribution in [-0.2, 0) is 4.74 Å². The van der Waals surface area contributed by atoms with Gasteiger partial charge in [-0.25, -0.2) is 0 Å². The molecule has 1 amide bonds. The second-order valence-corrected chi connectivity index (χ2v) is 3.51. The van der Waals surface area contributed by atoms with Crippen LogP contribution in [0.4, 0.5) is 5.69 Å². The molecule has 2 rings (SSSR count). The van der Waals surface area contributed by atoms with E-state index in [4.69, 9.17) is 10.5 Å². The summed E-state index contributed by atoms with van der Waals surface area (Å²) >= 11 is 0. The number of anilines is 1. The van der Waals surface area contributed by atoms with E-state index in [1.54, 1.807) is 12.1 Å². The SMILES string of the molecule is Nc1ccnc(C(=O)NC2CCOC2)c1. The Kier molecular flexibility index (Phi) is 2.82. The second-order valence-electron chi connectivity index (χ2n) is 3.51. The number of pyridine rings is 1. The van der Waals surface area contributed by atoms with E-state index in [9.17, 15) is 4.79 Å². The zero-order chi connectivity index (χ0) is 10.7. The molecule has 0 aromatic carbocycles. The predicted molar refractivity (Wildman–Crippen MR) is 55.3 cm³/mol. The summed E-state index contributed by atoms with van der Waals surface area (Å²) in [5.74, 6) is -0.196. The molecule has 15 heavy (non-hydrogen) atoms. The summed E-state index contributed by atoms with van der Waals surface area (Å²) in [5, 5.41) is 2.84. The Balaban J connectivity index is 2.01. The van der Waals surface area contributed by atoms with Crippen molar-refractivity contribution in [3.63, 3.8) is 0 Å². The van der Waals surface area contributed by atoms with Gasteiger partial charge in [0.2, 0.25) is 0 Å². The van der Waals surface area contributed by atoms with Crippen LogP contribution < -0.4 is 11.1 Å². The van der Waals surface area contributed by atoms with E-state index < -0.39 is 0 Å². The Bertz CT molecular complexity index is 361. The number of carbonyl (C=O) groups is 1. The quantitative estimate of drug-likeness (QED) is 0.725. The van der Waals surface area contributed by atoms with Crippen LogP contribution in [0.15, 0.2) is 18.3 Å². The molecule has 5 nitrogen and oxygen atoms in total. The van der Waals surface area contributed by atoms with Crippen LogP contribution in [0.3, 0.4) is 0 Å². The Hall–Kier alpha value is -1.62. The highest BCUT2D eigenvalue weighted by Crippen LogP contribution is 2.06. The summed E-state index contributed by atoms with van der Waals surface area (Å²) in [7, 11) is 0. The highest BCUT2D eigenvalue weighted by atomic mass is 16.5. The van der Waals surface area contributed by atoms with Crippen LogP contribution >= 0.6 is 0 Å². The van der Waals surface area contributed by atoms with Crippen molar-refractivity contribution in [3.8, 4) is 0 Å². The third-order valence-electron chi connectivity index (χ3n) is 2.28. The summed E-state index contributed by atoms with van der Waals surface area (Å²) in [4.78, 5) is 15.6. The lowest BCUT2D eigenvalue weighted by Crippen LogP contribution is -2.35. The zero-order valence-corrected chi connectivity index (χ0v) is 8.27. The first-order chi connectivity index (χ1) is 7.25. The maximum Gasteiger partial charge on any atom is 0.270 e. The van der Waals surface area contributed by atoms with E-state index in [2.05, 4.69) is 10.3 Å². The first-order valence-electron chi connectivity index (χ1n) is 4.86. The standard InChI is InChI=1S/C10H13N3O2/c11-7-1-3-12-9(5-7)10(14)13-8-2-4-15-6-8/h1,3,5,8H,2,4,6H2,(H2,11,12)(H,13,14). The summed E-state index contributed by atoms with van der Waals surface area (Å²) in [6.45, 7) is 1.28. The van der Waals surface area contributed by atoms with E-state index in [0.717, 1.165) is 6.42 Å². The normalized spacial score (nSPS) is 20.1. The first-order valence-corrected chi connectivity index (χ1v) is 4.86. The minimum absolute atomic E-state index is 0.0979. The van der Waals surface area contributed by atoms with Crippen LogP contribution in [-0.4, -0.2) is 30.1 Å². The number of ether oxygens (including phenoxy) is 1. The molecule has 1 fully saturated rings. The van der Waals surface area contributed by atoms with Gasteiger partial charge in [-0.15, -0.1) is 0 Å². The van der Waals surface area contributed by atoms with E-state index >= 15 is 0 Å². The molecule has 0 radical (unpaired) electrons. The van der Waals surface area contributed by atoms with Gasteiger partial charge in [-0.3, -0.25) is 9.78 Å². The summed E-state index contributed by atoms with van der Waals surface area (Å²) in [6.07, 6.45) is 2.38. The number of nitrogens with one attached hydrogen (secondary N) is 1. The van der Waals surface area contributed by atoms with Crippen LogP contribution in [0.1, 0.15) is 16.9 Å². The molecule has 2 heterocycles. The maximum absolute atomic E-state index is 11.7. The average Bonchev–Trinajstić information content (AvgIpc) is 2.70. The van der Waals surface area contributed by atoms with Crippen molar-refractivity contribution in [1.29, 1.82) is 0 Å². The smallest absolute Gasteiger partial charge is 0.270 e. The summed E-state index contributed by atoms with van der Waals surface area (Å²) < 4.78 is 5.16. The first kappa shape index (κ1) is 9.92. The molecular formula is C10H13N3O2. The third kappa shape index (κ3) is 2.44. The van der Waals surface area contributed by atoms with Gasteiger partial charge in [0.15, 0.2) is 0 Å². The van der Waals surface area contributed by atoms with Gasteiger partial charge in [-0.05, 0) is 18.6 Å². The molecule has 0 saturated carbocycles. The molecule has 1 aromatic rings. The van der Waals surface area contributed by atoms with Crippen molar-refractivity contribution < 1.29 is 9.53 Å². The van der Waals surface area contributed by atoms with Gasteiger partial charge in [0.05, 0.1) is 12.6 Å². The van der Waals surface area contributed by atoms with Crippen molar-refractivity contribution in [2.24, 2.45) is 0 Å². The van der Waals surface area contributed by atoms with Crippen molar-refractivity contribution in [2.75, 3.05) is 18.9 Å². The number of nitrogens with zero attached hydrogens (tertiary/aromatic N) is 1. The van der Waals surface area contributed by atoms with E-state index in [1.807, 2.05) is 0 Å². The fraction of sp³-hybridized carbons (Fsp3) is 0.400. The fourth-order valence-electron chi connectivity index (χ4n) is 1.48.